The summed E-state index contributed by atoms with van der Waals surface area (Å²) in [6, 6.07) is 25.9. The predicted molar refractivity (Wildman–Crippen MR) is 200 cm³/mol. The van der Waals surface area contributed by atoms with Crippen molar-refractivity contribution in [1.82, 2.24) is 0 Å². The van der Waals surface area contributed by atoms with Crippen LogP contribution in [0.2, 0.25) is 0 Å². The van der Waals surface area contributed by atoms with Crippen LogP contribution in [0, 0.1) is 0 Å². The molecule has 0 radical (unpaired) electrons. The van der Waals surface area contributed by atoms with Crippen LogP contribution in [0.3, 0.4) is 0 Å². The second-order valence-corrected chi connectivity index (χ2v) is 13.1. The number of aryl methyl sites for hydroxylation is 2. The predicted octanol–water partition coefficient (Wildman–Crippen LogP) is 10.8. The molecule has 0 spiro atoms. The van der Waals surface area contributed by atoms with Crippen LogP contribution in [0.1, 0.15) is 136 Å². The molecule has 0 aliphatic carbocycles. The summed E-state index contributed by atoms with van der Waals surface area (Å²) in [4.78, 5) is 22.9. The summed E-state index contributed by atoms with van der Waals surface area (Å²) in [5.74, 6) is -2.97. The Labute approximate surface area is 317 Å². The maximum atomic E-state index is 12.4. The first-order valence-corrected chi connectivity index (χ1v) is 18.5. The first-order valence-electron chi connectivity index (χ1n) is 18.5. The number of benzene rings is 4. The number of hydrogen-bond acceptors (Lipinski definition) is 4. The molecular formula is C44H54O6Zn. The SMILES string of the molecule is CCCCCCCCCc1cc(-c2ccccc2)cc(C(=O)O)c1[O-].CCCCCCCCCc1cc(-c2ccccc2)cc(C(=O)O)c1[O-].[Zn+2]. The molecule has 0 bridgehead atoms. The zero-order valence-corrected chi connectivity index (χ0v) is 33.6. The Morgan fingerprint density at radius 3 is 1.10 bits per heavy atom. The summed E-state index contributed by atoms with van der Waals surface area (Å²) in [5.41, 5.74) is 4.46. The number of carboxylic acids is 2. The van der Waals surface area contributed by atoms with Gasteiger partial charge in [-0.05, 0) is 60.1 Å². The van der Waals surface area contributed by atoms with Crippen molar-refractivity contribution >= 4 is 11.9 Å². The van der Waals surface area contributed by atoms with E-state index in [1.165, 1.54) is 76.3 Å². The van der Waals surface area contributed by atoms with E-state index in [4.69, 9.17) is 0 Å². The number of hydrogen-bond donors (Lipinski definition) is 2. The number of unbranched alkanes of at least 4 members (excludes halogenated alkanes) is 12. The molecule has 4 aromatic rings. The van der Waals surface area contributed by atoms with Gasteiger partial charge < -0.3 is 20.4 Å². The van der Waals surface area contributed by atoms with Gasteiger partial charge in [0, 0.05) is 0 Å². The molecule has 4 aromatic carbocycles. The molecule has 7 heteroatoms. The Morgan fingerprint density at radius 1 is 0.471 bits per heavy atom. The molecule has 4 rings (SSSR count). The Morgan fingerprint density at radius 2 is 0.784 bits per heavy atom. The van der Waals surface area contributed by atoms with Crippen molar-refractivity contribution in [2.75, 3.05) is 0 Å². The zero-order valence-electron chi connectivity index (χ0n) is 30.6. The molecule has 0 unspecified atom stereocenters. The molecule has 0 aliphatic rings. The summed E-state index contributed by atoms with van der Waals surface area (Å²) >= 11 is 0. The van der Waals surface area contributed by atoms with Gasteiger partial charge in [-0.3, -0.25) is 0 Å². The third-order valence-electron chi connectivity index (χ3n) is 9.11. The van der Waals surface area contributed by atoms with Crippen LogP contribution in [0.5, 0.6) is 11.5 Å². The number of carbonyl (C=O) groups is 2. The maximum absolute atomic E-state index is 12.4. The monoisotopic (exact) mass is 742 g/mol. The van der Waals surface area contributed by atoms with Crippen molar-refractivity contribution in [1.29, 1.82) is 0 Å². The van der Waals surface area contributed by atoms with Crippen molar-refractivity contribution in [3.63, 3.8) is 0 Å². The third-order valence-corrected chi connectivity index (χ3v) is 9.11. The van der Waals surface area contributed by atoms with E-state index >= 15 is 0 Å². The van der Waals surface area contributed by atoms with E-state index in [0.29, 0.717) is 24.0 Å². The van der Waals surface area contributed by atoms with Gasteiger partial charge in [-0.2, -0.15) is 0 Å². The molecule has 0 saturated heterocycles. The average molecular weight is 744 g/mol. The van der Waals surface area contributed by atoms with Gasteiger partial charge in [0.1, 0.15) is 0 Å². The van der Waals surface area contributed by atoms with Crippen molar-refractivity contribution in [2.24, 2.45) is 0 Å². The molecule has 268 valence electrons. The molecule has 0 fully saturated rings. The second-order valence-electron chi connectivity index (χ2n) is 13.1. The molecule has 0 heterocycles. The van der Waals surface area contributed by atoms with Crippen LogP contribution in [0.15, 0.2) is 84.9 Å². The normalized spacial score (nSPS) is 10.5. The van der Waals surface area contributed by atoms with E-state index in [-0.39, 0.29) is 42.1 Å². The molecule has 0 aliphatic heterocycles. The van der Waals surface area contributed by atoms with Gasteiger partial charge >= 0.3 is 31.4 Å². The van der Waals surface area contributed by atoms with Gasteiger partial charge in [-0.25, -0.2) is 9.59 Å². The van der Waals surface area contributed by atoms with E-state index in [1.807, 2.05) is 72.8 Å². The third kappa shape index (κ3) is 14.7. The topological polar surface area (TPSA) is 121 Å². The summed E-state index contributed by atoms with van der Waals surface area (Å²) in [6.07, 6.45) is 17.7. The minimum absolute atomic E-state index is 0. The van der Waals surface area contributed by atoms with Gasteiger partial charge in [0.25, 0.3) is 0 Å². The van der Waals surface area contributed by atoms with E-state index in [1.54, 1.807) is 0 Å². The minimum Gasteiger partial charge on any atom is -0.872 e. The quantitative estimate of drug-likeness (QED) is 0.0687. The fraction of sp³-hybridized carbons (Fsp3) is 0.409. The molecule has 2 N–H and O–H groups in total. The molecule has 0 saturated carbocycles. The Bertz CT molecular complexity index is 1480. The van der Waals surface area contributed by atoms with Crippen LogP contribution in [-0.4, -0.2) is 22.2 Å². The summed E-state index contributed by atoms with van der Waals surface area (Å²) in [5, 5.41) is 43.5. The van der Waals surface area contributed by atoms with Gasteiger partial charge in [0.05, 0.1) is 11.1 Å². The van der Waals surface area contributed by atoms with Crippen molar-refractivity contribution in [2.45, 2.75) is 117 Å². The summed E-state index contributed by atoms with van der Waals surface area (Å²) in [7, 11) is 0. The largest absolute Gasteiger partial charge is 2.00 e. The second kappa shape index (κ2) is 24.3. The Kier molecular flexibility index (Phi) is 20.6. The standard InChI is InChI=1S/2C22H28O3.Zn/c2*1-2-3-4-5-6-7-9-14-18-15-19(17-12-10-8-11-13-17)16-20(21(18)23)22(24)25;/h2*8,10-13,15-16,23H,2-7,9,14H2,1H3,(H,24,25);/q;;+2/p-2. The van der Waals surface area contributed by atoms with E-state index < -0.39 is 11.9 Å². The van der Waals surface area contributed by atoms with E-state index in [0.717, 1.165) is 47.9 Å². The van der Waals surface area contributed by atoms with Crippen molar-refractivity contribution in [3.8, 4) is 33.8 Å². The fourth-order valence-corrected chi connectivity index (χ4v) is 6.21. The van der Waals surface area contributed by atoms with Crippen molar-refractivity contribution in [3.05, 3.63) is 107 Å². The number of aromatic carboxylic acids is 2. The fourth-order valence-electron chi connectivity index (χ4n) is 6.21. The summed E-state index contributed by atoms with van der Waals surface area (Å²) < 4.78 is 0. The Hall–Kier alpha value is -3.96. The number of rotatable bonds is 20. The van der Waals surface area contributed by atoms with Crippen LogP contribution < -0.4 is 10.2 Å². The molecular weight excluding hydrogens is 690 g/mol. The van der Waals surface area contributed by atoms with Gasteiger partial charge in [0.15, 0.2) is 0 Å². The summed E-state index contributed by atoms with van der Waals surface area (Å²) in [6.45, 7) is 4.41. The van der Waals surface area contributed by atoms with Gasteiger partial charge in [0.2, 0.25) is 0 Å². The molecule has 0 atom stereocenters. The zero-order chi connectivity index (χ0) is 36.1. The molecule has 0 aromatic heterocycles. The van der Waals surface area contributed by atoms with E-state index in [2.05, 4.69) is 13.8 Å². The van der Waals surface area contributed by atoms with Crippen LogP contribution in [0.25, 0.3) is 22.3 Å². The first-order chi connectivity index (χ1) is 24.3. The smallest absolute Gasteiger partial charge is 0.872 e. The van der Waals surface area contributed by atoms with Crippen LogP contribution >= 0.6 is 0 Å². The van der Waals surface area contributed by atoms with Gasteiger partial charge in [-0.15, -0.1) is 0 Å². The Balaban J connectivity index is 0.000000347. The van der Waals surface area contributed by atoms with Crippen molar-refractivity contribution < 1.29 is 49.5 Å². The first kappa shape index (κ1) is 43.2. The van der Waals surface area contributed by atoms with E-state index in [9.17, 15) is 30.0 Å². The molecule has 6 nitrogen and oxygen atoms in total. The van der Waals surface area contributed by atoms with Crippen LogP contribution in [0.4, 0.5) is 0 Å². The minimum atomic E-state index is -1.15. The number of carboxylic acid groups (broad SMARTS) is 2. The molecule has 0 amide bonds. The van der Waals surface area contributed by atoms with Crippen LogP contribution in [-0.2, 0) is 32.3 Å². The van der Waals surface area contributed by atoms with Gasteiger partial charge in [-0.1, -0.05) is 186 Å². The maximum Gasteiger partial charge on any atom is 2.00 e. The molecule has 51 heavy (non-hydrogen) atoms. The average Bonchev–Trinajstić information content (AvgIpc) is 3.12.